The van der Waals surface area contributed by atoms with E-state index < -0.39 is 0 Å². The van der Waals surface area contributed by atoms with Gasteiger partial charge in [0.05, 0.1) is 0 Å². The molecule has 0 aromatic heterocycles. The molecule has 0 atom stereocenters. The molecule has 3 nitrogen and oxygen atoms in total. The summed E-state index contributed by atoms with van der Waals surface area (Å²) in [5, 5.41) is 7.72. The molecule has 0 saturated heterocycles. The number of halogens is 1. The van der Waals surface area contributed by atoms with Crippen molar-refractivity contribution in [1.29, 1.82) is 5.41 Å². The summed E-state index contributed by atoms with van der Waals surface area (Å²) in [5.74, 6) is 0.103. The maximum Gasteiger partial charge on any atom is 0.124 e. The third kappa shape index (κ3) is 3.39. The molecule has 2 aromatic carbocycles. The highest BCUT2D eigenvalue weighted by molar-refractivity contribution is 9.10. The van der Waals surface area contributed by atoms with Gasteiger partial charge in [-0.05, 0) is 36.8 Å². The zero-order valence-corrected chi connectivity index (χ0v) is 13.2. The van der Waals surface area contributed by atoms with Crippen LogP contribution in [0.2, 0.25) is 0 Å². The van der Waals surface area contributed by atoms with Crippen LogP contribution in [0, 0.1) is 12.3 Å². The molecule has 0 amide bonds. The van der Waals surface area contributed by atoms with Crippen molar-refractivity contribution in [2.75, 3.05) is 11.9 Å². The molecular formula is C16H18BrN3. The third-order valence-corrected chi connectivity index (χ3v) is 3.72. The van der Waals surface area contributed by atoms with E-state index in [4.69, 9.17) is 11.1 Å². The summed E-state index contributed by atoms with van der Waals surface area (Å²) >= 11 is 3.44. The first-order valence-electron chi connectivity index (χ1n) is 6.38. The van der Waals surface area contributed by atoms with Crippen molar-refractivity contribution >= 4 is 27.5 Å². The molecule has 0 heterocycles. The number of nitrogen functional groups attached to an aromatic ring is 1. The van der Waals surface area contributed by atoms with Crippen molar-refractivity contribution < 1.29 is 0 Å². The molecule has 20 heavy (non-hydrogen) atoms. The number of rotatable bonds is 4. The number of hydrogen-bond donors (Lipinski definition) is 2. The van der Waals surface area contributed by atoms with E-state index in [0.717, 1.165) is 27.8 Å². The Morgan fingerprint density at radius 2 is 1.85 bits per heavy atom. The molecule has 0 spiro atoms. The lowest BCUT2D eigenvalue weighted by Crippen LogP contribution is -2.22. The lowest BCUT2D eigenvalue weighted by molar-refractivity contribution is 0.920. The normalized spacial score (nSPS) is 10.3. The van der Waals surface area contributed by atoms with Crippen LogP contribution in [-0.4, -0.2) is 12.9 Å². The van der Waals surface area contributed by atoms with Crippen LogP contribution in [-0.2, 0) is 6.54 Å². The number of hydrogen-bond acceptors (Lipinski definition) is 2. The van der Waals surface area contributed by atoms with Crippen molar-refractivity contribution in [3.8, 4) is 0 Å². The molecule has 0 aliphatic carbocycles. The standard InChI is InChI=1S/C16H18BrN3/c1-11-3-8-15(14(9-11)16(18)19)20(2)10-12-4-6-13(17)7-5-12/h3-9H,10H2,1-2H3,(H3,18,19). The van der Waals surface area contributed by atoms with Gasteiger partial charge in [-0.3, -0.25) is 5.41 Å². The summed E-state index contributed by atoms with van der Waals surface area (Å²) in [4.78, 5) is 2.11. The molecule has 0 radical (unpaired) electrons. The maximum absolute atomic E-state index is 7.72. The van der Waals surface area contributed by atoms with Gasteiger partial charge >= 0.3 is 0 Å². The predicted octanol–water partition coefficient (Wildman–Crippen LogP) is 3.68. The Morgan fingerprint density at radius 1 is 1.20 bits per heavy atom. The molecule has 0 unspecified atom stereocenters. The van der Waals surface area contributed by atoms with Gasteiger partial charge in [-0.2, -0.15) is 0 Å². The Kier molecular flexibility index (Phi) is 4.45. The van der Waals surface area contributed by atoms with Gasteiger partial charge in [0.2, 0.25) is 0 Å². The lowest BCUT2D eigenvalue weighted by atomic mass is 10.1. The largest absolute Gasteiger partial charge is 0.384 e. The minimum absolute atomic E-state index is 0.103. The van der Waals surface area contributed by atoms with Crippen molar-refractivity contribution in [3.05, 3.63) is 63.6 Å². The van der Waals surface area contributed by atoms with Gasteiger partial charge in [-0.25, -0.2) is 0 Å². The van der Waals surface area contributed by atoms with Crippen LogP contribution >= 0.6 is 15.9 Å². The van der Waals surface area contributed by atoms with Crippen molar-refractivity contribution in [3.63, 3.8) is 0 Å². The van der Waals surface area contributed by atoms with Crippen LogP contribution < -0.4 is 10.6 Å². The fraction of sp³-hybridized carbons (Fsp3) is 0.188. The van der Waals surface area contributed by atoms with Crippen molar-refractivity contribution in [2.45, 2.75) is 13.5 Å². The molecule has 0 aliphatic heterocycles. The zero-order valence-electron chi connectivity index (χ0n) is 11.7. The van der Waals surface area contributed by atoms with E-state index in [-0.39, 0.29) is 5.84 Å². The highest BCUT2D eigenvalue weighted by Crippen LogP contribution is 2.22. The number of nitrogens with zero attached hydrogens (tertiary/aromatic N) is 1. The molecule has 104 valence electrons. The molecule has 0 saturated carbocycles. The Bertz CT molecular complexity index is 620. The second-order valence-electron chi connectivity index (χ2n) is 4.92. The fourth-order valence-electron chi connectivity index (χ4n) is 2.15. The van der Waals surface area contributed by atoms with Crippen molar-refractivity contribution in [1.82, 2.24) is 0 Å². The molecule has 0 aliphatic rings. The summed E-state index contributed by atoms with van der Waals surface area (Å²) in [6, 6.07) is 14.2. The zero-order chi connectivity index (χ0) is 14.7. The molecule has 4 heteroatoms. The third-order valence-electron chi connectivity index (χ3n) is 3.19. The van der Waals surface area contributed by atoms with E-state index in [2.05, 4.69) is 33.0 Å². The van der Waals surface area contributed by atoms with Gasteiger partial charge < -0.3 is 10.6 Å². The Hall–Kier alpha value is -1.81. The summed E-state index contributed by atoms with van der Waals surface area (Å²) < 4.78 is 1.07. The topological polar surface area (TPSA) is 53.1 Å². The number of amidine groups is 1. The number of nitrogens with two attached hydrogens (primary N) is 1. The van der Waals surface area contributed by atoms with E-state index in [1.54, 1.807) is 0 Å². The Balaban J connectivity index is 2.27. The van der Waals surface area contributed by atoms with E-state index in [9.17, 15) is 0 Å². The molecule has 2 rings (SSSR count). The Morgan fingerprint density at radius 3 is 2.45 bits per heavy atom. The fourth-order valence-corrected chi connectivity index (χ4v) is 2.41. The maximum atomic E-state index is 7.72. The average Bonchev–Trinajstić information content (AvgIpc) is 2.41. The molecular weight excluding hydrogens is 314 g/mol. The number of anilines is 1. The minimum atomic E-state index is 0.103. The number of nitrogens with one attached hydrogen (secondary N) is 1. The minimum Gasteiger partial charge on any atom is -0.384 e. The van der Waals surface area contributed by atoms with Crippen LogP contribution in [0.1, 0.15) is 16.7 Å². The molecule has 0 bridgehead atoms. The van der Waals surface area contributed by atoms with Crippen molar-refractivity contribution in [2.24, 2.45) is 5.73 Å². The smallest absolute Gasteiger partial charge is 0.124 e. The van der Waals surface area contributed by atoms with Crippen LogP contribution in [0.15, 0.2) is 46.9 Å². The first-order valence-corrected chi connectivity index (χ1v) is 7.17. The summed E-state index contributed by atoms with van der Waals surface area (Å²) in [5.41, 5.74) is 9.77. The van der Waals surface area contributed by atoms with E-state index >= 15 is 0 Å². The lowest BCUT2D eigenvalue weighted by Gasteiger charge is -2.22. The molecule has 3 N–H and O–H groups in total. The monoisotopic (exact) mass is 331 g/mol. The second-order valence-corrected chi connectivity index (χ2v) is 5.83. The first-order chi connectivity index (χ1) is 9.47. The molecule has 2 aromatic rings. The van der Waals surface area contributed by atoms with Gasteiger partial charge in [0.15, 0.2) is 0 Å². The van der Waals surface area contributed by atoms with Crippen LogP contribution in [0.3, 0.4) is 0 Å². The van der Waals surface area contributed by atoms with E-state index in [1.165, 1.54) is 5.56 Å². The van der Waals surface area contributed by atoms with E-state index in [1.807, 2.05) is 44.3 Å². The average molecular weight is 332 g/mol. The summed E-state index contributed by atoms with van der Waals surface area (Å²) in [6.07, 6.45) is 0. The Labute approximate surface area is 128 Å². The summed E-state index contributed by atoms with van der Waals surface area (Å²) in [7, 11) is 2.01. The van der Waals surface area contributed by atoms with E-state index in [0.29, 0.717) is 0 Å². The quantitative estimate of drug-likeness (QED) is 0.663. The van der Waals surface area contributed by atoms with Gasteiger partial charge in [0, 0.05) is 29.3 Å². The highest BCUT2D eigenvalue weighted by atomic mass is 79.9. The predicted molar refractivity (Wildman–Crippen MR) is 88.4 cm³/mol. The summed E-state index contributed by atoms with van der Waals surface area (Å²) in [6.45, 7) is 2.78. The van der Waals surface area contributed by atoms with Gasteiger partial charge in [0.25, 0.3) is 0 Å². The van der Waals surface area contributed by atoms with Gasteiger partial charge in [-0.1, -0.05) is 39.7 Å². The second kappa shape index (κ2) is 6.09. The first kappa shape index (κ1) is 14.6. The van der Waals surface area contributed by atoms with Gasteiger partial charge in [-0.15, -0.1) is 0 Å². The SMILES string of the molecule is Cc1ccc(N(C)Cc2ccc(Br)cc2)c(C(=N)N)c1. The van der Waals surface area contributed by atoms with Crippen LogP contribution in [0.5, 0.6) is 0 Å². The highest BCUT2D eigenvalue weighted by Gasteiger charge is 2.10. The van der Waals surface area contributed by atoms with Crippen LogP contribution in [0.4, 0.5) is 5.69 Å². The van der Waals surface area contributed by atoms with Crippen LogP contribution in [0.25, 0.3) is 0 Å². The number of aryl methyl sites for hydroxylation is 1. The van der Waals surface area contributed by atoms with Gasteiger partial charge in [0.1, 0.15) is 5.84 Å². The molecule has 0 fully saturated rings. The number of benzene rings is 2.